The van der Waals surface area contributed by atoms with E-state index in [1.165, 1.54) is 0 Å². The normalized spacial score (nSPS) is 13.1. The molecule has 0 spiro atoms. The van der Waals surface area contributed by atoms with Crippen molar-refractivity contribution in [3.05, 3.63) is 83.5 Å². The van der Waals surface area contributed by atoms with E-state index in [1.54, 1.807) is 0 Å². The molecule has 1 heterocycles. The van der Waals surface area contributed by atoms with Crippen LogP contribution in [0.2, 0.25) is 0 Å². The van der Waals surface area contributed by atoms with Crippen molar-refractivity contribution in [3.63, 3.8) is 0 Å². The van der Waals surface area contributed by atoms with E-state index in [0.717, 1.165) is 11.1 Å². The molecule has 0 bridgehead atoms. The lowest BCUT2D eigenvalue weighted by Crippen LogP contribution is -2.43. The van der Waals surface area contributed by atoms with Gasteiger partial charge in [0.1, 0.15) is 12.7 Å². The summed E-state index contributed by atoms with van der Waals surface area (Å²) in [4.78, 5) is 16.5. The van der Waals surface area contributed by atoms with Crippen LogP contribution in [0, 0.1) is 5.92 Å². The number of aromatic nitrogens is 2. The van der Waals surface area contributed by atoms with Crippen molar-refractivity contribution < 1.29 is 19.2 Å². The number of benzene rings is 2. The Bertz CT molecular complexity index is 897. The third-order valence-corrected chi connectivity index (χ3v) is 4.50. The lowest BCUT2D eigenvalue weighted by Gasteiger charge is -2.25. The van der Waals surface area contributed by atoms with Crippen LogP contribution < -0.4 is 5.32 Å². The fourth-order valence-corrected chi connectivity index (χ4v) is 2.90. The number of alkyl carbamates (subject to hydrolysis) is 1. The van der Waals surface area contributed by atoms with Crippen LogP contribution in [0.15, 0.2) is 65.2 Å². The van der Waals surface area contributed by atoms with Gasteiger partial charge in [-0.3, -0.25) is 0 Å². The SMILES string of the molecule is CC(C)[C@H](NC(=O)OCc1ccccc1)C(O)c1noc(Cc2ccccc2)n1. The molecule has 0 fully saturated rings. The molecule has 3 aromatic rings. The summed E-state index contributed by atoms with van der Waals surface area (Å²) >= 11 is 0. The van der Waals surface area contributed by atoms with Gasteiger partial charge in [0.05, 0.1) is 12.5 Å². The highest BCUT2D eigenvalue weighted by Gasteiger charge is 2.30. The van der Waals surface area contributed by atoms with Crippen LogP contribution in [0.3, 0.4) is 0 Å². The number of aliphatic hydroxyl groups excluding tert-OH is 1. The predicted molar refractivity (Wildman–Crippen MR) is 107 cm³/mol. The molecule has 0 saturated carbocycles. The van der Waals surface area contributed by atoms with Gasteiger partial charge in [-0.2, -0.15) is 4.98 Å². The van der Waals surface area contributed by atoms with E-state index in [-0.39, 0.29) is 18.3 Å². The van der Waals surface area contributed by atoms with Crippen LogP contribution in [-0.4, -0.2) is 27.4 Å². The van der Waals surface area contributed by atoms with Gasteiger partial charge in [-0.25, -0.2) is 4.79 Å². The Morgan fingerprint density at radius 2 is 1.69 bits per heavy atom. The standard InChI is InChI=1S/C22H25N3O4/c1-15(2)19(24-22(27)28-14-17-11-7-4-8-12-17)20(26)21-23-18(29-25-21)13-16-9-5-3-6-10-16/h3-12,15,19-20,26H,13-14H2,1-2H3,(H,24,27)/t19-,20?/m0/s1. The number of carbonyl (C=O) groups excluding carboxylic acids is 1. The third kappa shape index (κ3) is 5.89. The van der Waals surface area contributed by atoms with Crippen LogP contribution in [0.5, 0.6) is 0 Å². The van der Waals surface area contributed by atoms with E-state index in [1.807, 2.05) is 74.5 Å². The molecule has 2 atom stereocenters. The van der Waals surface area contributed by atoms with Crippen molar-refractivity contribution in [2.45, 2.75) is 39.0 Å². The number of rotatable bonds is 8. The fourth-order valence-electron chi connectivity index (χ4n) is 2.90. The number of hydrogen-bond donors (Lipinski definition) is 2. The van der Waals surface area contributed by atoms with Gasteiger partial charge in [0, 0.05) is 0 Å². The Morgan fingerprint density at radius 3 is 2.31 bits per heavy atom. The minimum absolute atomic E-state index is 0.0784. The second-order valence-corrected chi connectivity index (χ2v) is 7.13. The summed E-state index contributed by atoms with van der Waals surface area (Å²) in [5, 5.41) is 17.3. The Balaban J connectivity index is 1.60. The average molecular weight is 395 g/mol. The summed E-state index contributed by atoms with van der Waals surface area (Å²) in [7, 11) is 0. The molecule has 7 heteroatoms. The van der Waals surface area contributed by atoms with Gasteiger partial charge in [0.15, 0.2) is 0 Å². The monoisotopic (exact) mass is 395 g/mol. The Morgan fingerprint density at radius 1 is 1.07 bits per heavy atom. The van der Waals surface area contributed by atoms with E-state index in [2.05, 4.69) is 15.5 Å². The number of hydrogen-bond acceptors (Lipinski definition) is 6. The number of nitrogens with one attached hydrogen (secondary N) is 1. The van der Waals surface area contributed by atoms with Crippen LogP contribution in [-0.2, 0) is 17.8 Å². The number of aliphatic hydroxyl groups is 1. The minimum atomic E-state index is -1.12. The zero-order valence-electron chi connectivity index (χ0n) is 16.5. The van der Waals surface area contributed by atoms with Gasteiger partial charge >= 0.3 is 6.09 Å². The van der Waals surface area contributed by atoms with E-state index in [4.69, 9.17) is 9.26 Å². The summed E-state index contributed by atoms with van der Waals surface area (Å²) in [6.45, 7) is 3.92. The predicted octanol–water partition coefficient (Wildman–Crippen LogP) is 3.64. The molecule has 7 nitrogen and oxygen atoms in total. The number of ether oxygens (including phenoxy) is 1. The van der Waals surface area contributed by atoms with Gasteiger partial charge in [-0.15, -0.1) is 0 Å². The lowest BCUT2D eigenvalue weighted by atomic mass is 9.98. The number of carbonyl (C=O) groups is 1. The summed E-state index contributed by atoms with van der Waals surface area (Å²) < 4.78 is 10.5. The maximum atomic E-state index is 12.2. The topological polar surface area (TPSA) is 97.5 Å². The Kier molecular flexibility index (Phi) is 6.97. The summed E-state index contributed by atoms with van der Waals surface area (Å²) in [6.07, 6.45) is -1.26. The van der Waals surface area contributed by atoms with Crippen molar-refractivity contribution in [1.29, 1.82) is 0 Å². The summed E-state index contributed by atoms with van der Waals surface area (Å²) in [5.74, 6) is 0.461. The van der Waals surface area contributed by atoms with Crippen molar-refractivity contribution >= 4 is 6.09 Å². The number of nitrogens with zero attached hydrogens (tertiary/aromatic N) is 2. The second kappa shape index (κ2) is 9.84. The fraction of sp³-hybridized carbons (Fsp3) is 0.318. The van der Waals surface area contributed by atoms with Gasteiger partial charge < -0.3 is 19.7 Å². The van der Waals surface area contributed by atoms with Gasteiger partial charge in [0.2, 0.25) is 11.7 Å². The highest BCUT2D eigenvalue weighted by molar-refractivity contribution is 5.67. The van der Waals surface area contributed by atoms with Gasteiger partial charge in [-0.05, 0) is 17.0 Å². The van der Waals surface area contributed by atoms with Gasteiger partial charge in [0.25, 0.3) is 0 Å². The summed E-state index contributed by atoms with van der Waals surface area (Å²) in [5.41, 5.74) is 1.91. The molecule has 0 aliphatic carbocycles. The first-order valence-electron chi connectivity index (χ1n) is 9.54. The molecule has 0 aliphatic heterocycles. The molecule has 2 aromatic carbocycles. The quantitative estimate of drug-likeness (QED) is 0.604. The van der Waals surface area contributed by atoms with E-state index >= 15 is 0 Å². The minimum Gasteiger partial charge on any atom is -0.445 e. The Hall–Kier alpha value is -3.19. The smallest absolute Gasteiger partial charge is 0.407 e. The molecular formula is C22H25N3O4. The van der Waals surface area contributed by atoms with Crippen molar-refractivity contribution in [1.82, 2.24) is 15.5 Å². The van der Waals surface area contributed by atoms with E-state index < -0.39 is 18.2 Å². The van der Waals surface area contributed by atoms with Crippen LogP contribution in [0.4, 0.5) is 4.79 Å². The molecule has 1 amide bonds. The second-order valence-electron chi connectivity index (χ2n) is 7.13. The third-order valence-electron chi connectivity index (χ3n) is 4.50. The van der Waals surface area contributed by atoms with Crippen LogP contribution in [0.1, 0.15) is 42.8 Å². The summed E-state index contributed by atoms with van der Waals surface area (Å²) in [6, 6.07) is 18.5. The van der Waals surface area contributed by atoms with E-state index in [0.29, 0.717) is 12.3 Å². The Labute approximate surface area is 169 Å². The first kappa shape index (κ1) is 20.5. The first-order valence-corrected chi connectivity index (χ1v) is 9.54. The van der Waals surface area contributed by atoms with Crippen molar-refractivity contribution in [3.8, 4) is 0 Å². The molecular weight excluding hydrogens is 370 g/mol. The van der Waals surface area contributed by atoms with Crippen molar-refractivity contribution in [2.75, 3.05) is 0 Å². The molecule has 152 valence electrons. The maximum absolute atomic E-state index is 12.2. The first-order chi connectivity index (χ1) is 14.0. The van der Waals surface area contributed by atoms with Gasteiger partial charge in [-0.1, -0.05) is 79.7 Å². The van der Waals surface area contributed by atoms with Crippen molar-refractivity contribution in [2.24, 2.45) is 5.92 Å². The van der Waals surface area contributed by atoms with Crippen LogP contribution >= 0.6 is 0 Å². The molecule has 2 N–H and O–H groups in total. The van der Waals surface area contributed by atoms with E-state index in [9.17, 15) is 9.90 Å². The molecule has 1 aromatic heterocycles. The highest BCUT2D eigenvalue weighted by atomic mass is 16.5. The molecule has 0 aliphatic rings. The lowest BCUT2D eigenvalue weighted by molar-refractivity contribution is 0.0796. The molecule has 0 radical (unpaired) electrons. The molecule has 0 saturated heterocycles. The molecule has 29 heavy (non-hydrogen) atoms. The van der Waals surface area contributed by atoms with Crippen LogP contribution in [0.25, 0.3) is 0 Å². The molecule has 3 rings (SSSR count). The highest BCUT2D eigenvalue weighted by Crippen LogP contribution is 2.21. The zero-order chi connectivity index (χ0) is 20.6. The average Bonchev–Trinajstić information content (AvgIpc) is 3.20. The number of amides is 1. The zero-order valence-corrected chi connectivity index (χ0v) is 16.5. The maximum Gasteiger partial charge on any atom is 0.407 e. The molecule has 1 unspecified atom stereocenters. The largest absolute Gasteiger partial charge is 0.445 e.